The largest absolute Gasteiger partial charge is 0.497 e. The van der Waals surface area contributed by atoms with Crippen molar-refractivity contribution in [3.63, 3.8) is 0 Å². The van der Waals surface area contributed by atoms with Crippen LogP contribution >= 0.6 is 0 Å². The first kappa shape index (κ1) is 23.8. The summed E-state index contributed by atoms with van der Waals surface area (Å²) in [6.07, 6.45) is 1.08. The number of piperidine rings is 1. The van der Waals surface area contributed by atoms with Crippen molar-refractivity contribution in [2.75, 3.05) is 25.5 Å². The minimum atomic E-state index is -0.485. The van der Waals surface area contributed by atoms with Crippen molar-refractivity contribution in [3.8, 4) is 5.75 Å². The monoisotopic (exact) mass is 460 g/mol. The second-order valence-electron chi connectivity index (χ2n) is 8.65. The maximum atomic E-state index is 12.8. The molecule has 1 aliphatic heterocycles. The predicted molar refractivity (Wildman–Crippen MR) is 133 cm³/mol. The van der Waals surface area contributed by atoms with Gasteiger partial charge in [-0.2, -0.15) is 0 Å². The Bertz CT molecular complexity index is 1050. The van der Waals surface area contributed by atoms with Gasteiger partial charge in [-0.25, -0.2) is 4.79 Å². The van der Waals surface area contributed by atoms with Crippen molar-refractivity contribution in [1.82, 2.24) is 4.90 Å². The molecule has 1 atom stereocenters. The number of nitrogens with zero attached hydrogens (tertiary/aromatic N) is 1. The Balaban J connectivity index is 1.24. The second-order valence-corrected chi connectivity index (χ2v) is 8.65. The number of carbonyl (C=O) groups is 1. The number of hydrogen-bond donors (Lipinski definition) is 2. The lowest BCUT2D eigenvalue weighted by Gasteiger charge is -2.34. The molecule has 3 aromatic carbocycles. The highest BCUT2D eigenvalue weighted by molar-refractivity contribution is 5.89. The summed E-state index contributed by atoms with van der Waals surface area (Å²) in [6.45, 7) is 2.22. The molecule has 2 N–H and O–H groups in total. The van der Waals surface area contributed by atoms with E-state index in [1.54, 1.807) is 7.11 Å². The first-order valence-electron chi connectivity index (χ1n) is 11.7. The number of anilines is 1. The zero-order valence-corrected chi connectivity index (χ0v) is 19.5. The Hall–Kier alpha value is -3.35. The highest BCUT2D eigenvalue weighted by Crippen LogP contribution is 2.30. The normalized spacial score (nSPS) is 15.1. The Kier molecular flexibility index (Phi) is 8.17. The van der Waals surface area contributed by atoms with E-state index in [0.717, 1.165) is 41.0 Å². The summed E-state index contributed by atoms with van der Waals surface area (Å²) in [5, 5.41) is 13.7. The molecule has 4 rings (SSSR count). The van der Waals surface area contributed by atoms with Gasteiger partial charge < -0.3 is 24.8 Å². The third-order valence-electron chi connectivity index (χ3n) is 6.29. The standard InChI is InChI=1S/C28H32N2O4/c1-33-26-12-10-21(11-13-26)19-34-20-22-6-5-9-25(18-22)29-28(32)30-16-14-24(15-17-30)27(31)23-7-3-2-4-8-23/h2-13,18,24,27,31H,14-17,19-20H2,1H3,(H,29,32). The van der Waals surface area contributed by atoms with Gasteiger partial charge in [0, 0.05) is 18.8 Å². The SMILES string of the molecule is COc1ccc(COCc2cccc(NC(=O)N3CCC(C(O)c4ccccc4)CC3)c2)cc1. The molecule has 1 fully saturated rings. The average molecular weight is 461 g/mol. The van der Waals surface area contributed by atoms with Crippen LogP contribution in [0.4, 0.5) is 10.5 Å². The summed E-state index contributed by atoms with van der Waals surface area (Å²) in [5.74, 6) is 0.987. The number of rotatable bonds is 8. The molecule has 34 heavy (non-hydrogen) atoms. The number of aliphatic hydroxyl groups is 1. The third-order valence-corrected chi connectivity index (χ3v) is 6.29. The van der Waals surface area contributed by atoms with Crippen LogP contribution in [0, 0.1) is 5.92 Å². The van der Waals surface area contributed by atoms with Gasteiger partial charge in [0.15, 0.2) is 0 Å². The fourth-order valence-electron chi connectivity index (χ4n) is 4.29. The number of aliphatic hydroxyl groups excluding tert-OH is 1. The predicted octanol–water partition coefficient (Wildman–Crippen LogP) is 5.39. The van der Waals surface area contributed by atoms with Crippen LogP contribution < -0.4 is 10.1 Å². The number of urea groups is 1. The van der Waals surface area contributed by atoms with E-state index in [0.29, 0.717) is 26.3 Å². The topological polar surface area (TPSA) is 71.0 Å². The fraction of sp³-hybridized carbons (Fsp3) is 0.321. The van der Waals surface area contributed by atoms with E-state index in [-0.39, 0.29) is 11.9 Å². The smallest absolute Gasteiger partial charge is 0.321 e. The molecular formula is C28H32N2O4. The van der Waals surface area contributed by atoms with Crippen molar-refractivity contribution in [3.05, 3.63) is 95.6 Å². The van der Waals surface area contributed by atoms with Crippen LogP contribution in [-0.4, -0.2) is 36.2 Å². The second kappa shape index (κ2) is 11.7. The molecule has 178 valence electrons. The number of nitrogens with one attached hydrogen (secondary N) is 1. The quantitative estimate of drug-likeness (QED) is 0.473. The van der Waals surface area contributed by atoms with Gasteiger partial charge in [-0.3, -0.25) is 0 Å². The molecule has 0 radical (unpaired) electrons. The molecule has 1 heterocycles. The van der Waals surface area contributed by atoms with Crippen molar-refractivity contribution in [1.29, 1.82) is 0 Å². The van der Waals surface area contributed by atoms with Crippen LogP contribution in [0.5, 0.6) is 5.75 Å². The summed E-state index contributed by atoms with van der Waals surface area (Å²) < 4.78 is 11.0. The molecule has 3 aromatic rings. The minimum absolute atomic E-state index is 0.107. The third kappa shape index (κ3) is 6.37. The van der Waals surface area contributed by atoms with E-state index in [4.69, 9.17) is 9.47 Å². The van der Waals surface area contributed by atoms with Crippen LogP contribution in [0.3, 0.4) is 0 Å². The van der Waals surface area contributed by atoms with Gasteiger partial charge in [0.05, 0.1) is 26.4 Å². The summed E-state index contributed by atoms with van der Waals surface area (Å²) in [5.41, 5.74) is 3.76. The number of methoxy groups -OCH3 is 1. The average Bonchev–Trinajstić information content (AvgIpc) is 2.89. The summed E-state index contributed by atoms with van der Waals surface area (Å²) in [4.78, 5) is 14.6. The maximum absolute atomic E-state index is 12.8. The van der Waals surface area contributed by atoms with Crippen LogP contribution in [0.1, 0.15) is 35.6 Å². The zero-order chi connectivity index (χ0) is 23.8. The number of carbonyl (C=O) groups excluding carboxylic acids is 1. The maximum Gasteiger partial charge on any atom is 0.321 e. The van der Waals surface area contributed by atoms with Crippen LogP contribution in [0.2, 0.25) is 0 Å². The molecule has 0 aromatic heterocycles. The molecule has 6 nitrogen and oxygen atoms in total. The molecule has 1 unspecified atom stereocenters. The number of ether oxygens (including phenoxy) is 2. The van der Waals surface area contributed by atoms with E-state index in [9.17, 15) is 9.90 Å². The van der Waals surface area contributed by atoms with Gasteiger partial charge >= 0.3 is 6.03 Å². The van der Waals surface area contributed by atoms with E-state index in [1.165, 1.54) is 0 Å². The van der Waals surface area contributed by atoms with Crippen molar-refractivity contribution >= 4 is 11.7 Å². The van der Waals surface area contributed by atoms with Crippen molar-refractivity contribution in [2.24, 2.45) is 5.92 Å². The Morgan fingerprint density at radius 2 is 1.68 bits per heavy atom. The van der Waals surface area contributed by atoms with Gasteiger partial charge in [0.1, 0.15) is 5.75 Å². The van der Waals surface area contributed by atoms with E-state index < -0.39 is 6.10 Å². The molecule has 0 saturated carbocycles. The fourth-order valence-corrected chi connectivity index (χ4v) is 4.29. The van der Waals surface area contributed by atoms with Gasteiger partial charge in [0.2, 0.25) is 0 Å². The molecule has 0 spiro atoms. The lowest BCUT2D eigenvalue weighted by molar-refractivity contribution is 0.0683. The Morgan fingerprint density at radius 1 is 0.971 bits per heavy atom. The number of hydrogen-bond acceptors (Lipinski definition) is 4. The molecule has 6 heteroatoms. The molecule has 1 saturated heterocycles. The van der Waals surface area contributed by atoms with Crippen molar-refractivity contribution in [2.45, 2.75) is 32.2 Å². The van der Waals surface area contributed by atoms with Gasteiger partial charge in [0.25, 0.3) is 0 Å². The van der Waals surface area contributed by atoms with Gasteiger partial charge in [-0.15, -0.1) is 0 Å². The summed E-state index contributed by atoms with van der Waals surface area (Å²) in [6, 6.07) is 25.2. The first-order chi connectivity index (χ1) is 16.6. The number of amides is 2. The highest BCUT2D eigenvalue weighted by Gasteiger charge is 2.28. The molecule has 2 amide bonds. The van der Waals surface area contributed by atoms with Crippen molar-refractivity contribution < 1.29 is 19.4 Å². The van der Waals surface area contributed by atoms with Crippen LogP contribution in [0.25, 0.3) is 0 Å². The summed E-state index contributed by atoms with van der Waals surface area (Å²) in [7, 11) is 1.65. The zero-order valence-electron chi connectivity index (χ0n) is 19.5. The van der Waals surface area contributed by atoms with Crippen LogP contribution in [0.15, 0.2) is 78.9 Å². The Labute approximate surface area is 201 Å². The van der Waals surface area contributed by atoms with Gasteiger partial charge in [-0.1, -0.05) is 54.6 Å². The van der Waals surface area contributed by atoms with E-state index in [2.05, 4.69) is 5.32 Å². The lowest BCUT2D eigenvalue weighted by Crippen LogP contribution is -2.42. The Morgan fingerprint density at radius 3 is 2.38 bits per heavy atom. The molecule has 0 bridgehead atoms. The molecule has 0 aliphatic carbocycles. The molecule has 1 aliphatic rings. The van der Waals surface area contributed by atoms with Gasteiger partial charge in [-0.05, 0) is 59.7 Å². The minimum Gasteiger partial charge on any atom is -0.497 e. The van der Waals surface area contributed by atoms with Crippen LogP contribution in [-0.2, 0) is 18.0 Å². The summed E-state index contributed by atoms with van der Waals surface area (Å²) >= 11 is 0. The highest BCUT2D eigenvalue weighted by atomic mass is 16.5. The number of benzene rings is 3. The first-order valence-corrected chi connectivity index (χ1v) is 11.7. The van der Waals surface area contributed by atoms with E-state index >= 15 is 0 Å². The number of likely N-dealkylation sites (tertiary alicyclic amines) is 1. The van der Waals surface area contributed by atoms with E-state index in [1.807, 2.05) is 83.8 Å². The lowest BCUT2D eigenvalue weighted by atomic mass is 9.87. The molecular weight excluding hydrogens is 428 g/mol.